The van der Waals surface area contributed by atoms with E-state index >= 15 is 0 Å². The molecule has 0 amide bonds. The normalized spacial score (nSPS) is 9.69. The average molecular weight is 249 g/mol. The molecular formula is C12H15ClLiOP. The van der Waals surface area contributed by atoms with Crippen molar-refractivity contribution < 1.29 is 23.7 Å². The van der Waals surface area contributed by atoms with Gasteiger partial charge in [-0.15, -0.1) is 0 Å². The molecule has 1 nitrogen and oxygen atoms in total. The van der Waals surface area contributed by atoms with Gasteiger partial charge in [-0.2, -0.15) is 6.16 Å². The fourth-order valence-electron chi connectivity index (χ4n) is 1.52. The minimum absolute atomic E-state index is 0. The van der Waals surface area contributed by atoms with Crippen LogP contribution in [0.15, 0.2) is 18.2 Å². The van der Waals surface area contributed by atoms with E-state index in [-0.39, 0.29) is 24.6 Å². The van der Waals surface area contributed by atoms with E-state index in [1.54, 1.807) is 6.07 Å². The Kier molecular flexibility index (Phi) is 8.43. The molecule has 0 spiro atoms. The number of rotatable bonds is 5. The van der Waals surface area contributed by atoms with Crippen molar-refractivity contribution in [3.05, 3.63) is 34.3 Å². The van der Waals surface area contributed by atoms with E-state index < -0.39 is 0 Å². The Balaban J connectivity index is 0.00000225. The van der Waals surface area contributed by atoms with Crippen molar-refractivity contribution in [1.82, 2.24) is 0 Å². The SMILES string of the molecule is Cc1cccc(Cl)c1C(=O)CCCC[PH-].[Li+]. The van der Waals surface area contributed by atoms with Crippen LogP contribution in [0.1, 0.15) is 35.2 Å². The van der Waals surface area contributed by atoms with Gasteiger partial charge in [-0.3, -0.25) is 4.79 Å². The molecule has 0 saturated heterocycles. The number of unbranched alkanes of at least 4 members (excludes halogenated alkanes) is 1. The molecule has 1 aromatic rings. The number of hydrogen-bond acceptors (Lipinski definition) is 1. The fourth-order valence-corrected chi connectivity index (χ4v) is 2.10. The topological polar surface area (TPSA) is 17.1 Å². The summed E-state index contributed by atoms with van der Waals surface area (Å²) in [5.41, 5.74) is 1.65. The Morgan fingerprint density at radius 2 is 2.06 bits per heavy atom. The van der Waals surface area contributed by atoms with E-state index in [2.05, 4.69) is 9.24 Å². The first-order valence-electron chi connectivity index (χ1n) is 5.09. The summed E-state index contributed by atoms with van der Waals surface area (Å²) < 4.78 is 0. The van der Waals surface area contributed by atoms with Gasteiger partial charge in [-0.1, -0.05) is 30.2 Å². The predicted octanol–water partition coefficient (Wildman–Crippen LogP) is 1.15. The Hall–Kier alpha value is 0.207. The van der Waals surface area contributed by atoms with Crippen molar-refractivity contribution in [2.75, 3.05) is 6.16 Å². The largest absolute Gasteiger partial charge is 1.00 e. The number of carbonyl (C=O) groups is 1. The zero-order valence-electron chi connectivity index (χ0n) is 9.85. The standard InChI is InChI=1S/C12H15ClOP.Li/c1-9-5-4-6-10(13)12(9)11(14)7-2-3-8-15;/h4-6,15H,2-3,7-8H2,1H3;/q-1;+1. The molecule has 1 rings (SSSR count). The second kappa shape index (κ2) is 8.32. The summed E-state index contributed by atoms with van der Waals surface area (Å²) in [6, 6.07) is 5.56. The first-order chi connectivity index (χ1) is 7.16. The molecule has 0 heterocycles. The van der Waals surface area contributed by atoms with Crippen molar-refractivity contribution in [2.24, 2.45) is 0 Å². The number of hydrogen-bond donors (Lipinski definition) is 0. The summed E-state index contributed by atoms with van der Waals surface area (Å²) in [7, 11) is 3.39. The Morgan fingerprint density at radius 1 is 1.38 bits per heavy atom. The molecule has 0 bridgehead atoms. The molecule has 0 saturated carbocycles. The summed E-state index contributed by atoms with van der Waals surface area (Å²) in [4.78, 5) is 11.9. The van der Waals surface area contributed by atoms with Gasteiger partial charge in [0.2, 0.25) is 0 Å². The van der Waals surface area contributed by atoms with Crippen LogP contribution in [-0.4, -0.2) is 11.9 Å². The van der Waals surface area contributed by atoms with Gasteiger partial charge in [0.05, 0.1) is 5.02 Å². The molecule has 82 valence electrons. The minimum atomic E-state index is 0. The van der Waals surface area contributed by atoms with Gasteiger partial charge in [0, 0.05) is 12.0 Å². The van der Waals surface area contributed by atoms with E-state index in [4.69, 9.17) is 11.6 Å². The molecule has 0 N–H and O–H groups in total. The van der Waals surface area contributed by atoms with Gasteiger partial charge < -0.3 is 9.24 Å². The van der Waals surface area contributed by atoms with Crippen LogP contribution in [0.4, 0.5) is 0 Å². The van der Waals surface area contributed by atoms with Crippen molar-refractivity contribution in [1.29, 1.82) is 0 Å². The summed E-state index contributed by atoms with van der Waals surface area (Å²) in [5.74, 6) is 0.151. The van der Waals surface area contributed by atoms with Crippen LogP contribution in [-0.2, 0) is 0 Å². The third-order valence-corrected chi connectivity index (χ3v) is 3.00. The summed E-state index contributed by atoms with van der Waals surface area (Å²) in [5, 5.41) is 0.568. The molecule has 0 radical (unpaired) electrons. The van der Waals surface area contributed by atoms with Crippen LogP contribution in [0.5, 0.6) is 0 Å². The minimum Gasteiger partial charge on any atom is -0.558 e. The molecule has 0 fully saturated rings. The molecule has 0 aliphatic rings. The smallest absolute Gasteiger partial charge is 0.558 e. The van der Waals surface area contributed by atoms with Crippen molar-refractivity contribution in [2.45, 2.75) is 26.2 Å². The average Bonchev–Trinajstić information content (AvgIpc) is 2.18. The van der Waals surface area contributed by atoms with Crippen LogP contribution < -0.4 is 18.9 Å². The number of benzene rings is 1. The van der Waals surface area contributed by atoms with Crippen molar-refractivity contribution in [3.63, 3.8) is 0 Å². The quantitative estimate of drug-likeness (QED) is 0.331. The van der Waals surface area contributed by atoms with E-state index in [9.17, 15) is 4.79 Å². The van der Waals surface area contributed by atoms with E-state index in [0.717, 1.165) is 24.6 Å². The molecule has 1 aromatic carbocycles. The molecule has 0 aliphatic heterocycles. The third kappa shape index (κ3) is 4.60. The van der Waals surface area contributed by atoms with E-state index in [1.165, 1.54) is 0 Å². The Bertz CT molecular complexity index is 335. The second-order valence-electron chi connectivity index (χ2n) is 3.56. The van der Waals surface area contributed by atoms with Crippen molar-refractivity contribution in [3.8, 4) is 0 Å². The first kappa shape index (κ1) is 16.2. The van der Waals surface area contributed by atoms with Gasteiger partial charge in [0.1, 0.15) is 0 Å². The Morgan fingerprint density at radius 3 is 2.62 bits per heavy atom. The molecular weight excluding hydrogens is 233 g/mol. The first-order valence-corrected chi connectivity index (χ1v) is 6.18. The van der Waals surface area contributed by atoms with Gasteiger partial charge >= 0.3 is 18.9 Å². The predicted molar refractivity (Wildman–Crippen MR) is 67.6 cm³/mol. The van der Waals surface area contributed by atoms with Crippen molar-refractivity contribution >= 4 is 26.6 Å². The number of Topliss-reactive ketones (excluding diaryl/α,β-unsaturated/α-hetero) is 1. The van der Waals surface area contributed by atoms with Gasteiger partial charge in [0.25, 0.3) is 0 Å². The maximum absolute atomic E-state index is 11.9. The number of halogens is 1. The number of ketones is 1. The van der Waals surface area contributed by atoms with E-state index in [0.29, 0.717) is 17.0 Å². The van der Waals surface area contributed by atoms with Crippen LogP contribution in [0, 0.1) is 6.92 Å². The summed E-state index contributed by atoms with van der Waals surface area (Å²) >= 11 is 6.01. The monoisotopic (exact) mass is 248 g/mol. The van der Waals surface area contributed by atoms with Crippen LogP contribution in [0.3, 0.4) is 0 Å². The van der Waals surface area contributed by atoms with Crippen LogP contribution in [0.25, 0.3) is 0 Å². The third-order valence-electron chi connectivity index (χ3n) is 2.33. The van der Waals surface area contributed by atoms with Gasteiger partial charge in [-0.25, -0.2) is 0 Å². The maximum atomic E-state index is 11.9. The molecule has 0 atom stereocenters. The fraction of sp³-hybridized carbons (Fsp3) is 0.417. The number of carbonyl (C=O) groups excluding carboxylic acids is 1. The second-order valence-corrected chi connectivity index (χ2v) is 4.47. The zero-order chi connectivity index (χ0) is 11.3. The number of aryl methyl sites for hydroxylation is 1. The summed E-state index contributed by atoms with van der Waals surface area (Å²) in [6.07, 6.45) is 3.45. The summed E-state index contributed by atoms with van der Waals surface area (Å²) in [6.45, 7) is 1.92. The van der Waals surface area contributed by atoms with E-state index in [1.807, 2.05) is 19.1 Å². The molecule has 0 aromatic heterocycles. The zero-order valence-corrected chi connectivity index (χ0v) is 11.6. The Labute approximate surface area is 117 Å². The van der Waals surface area contributed by atoms with Crippen LogP contribution in [0.2, 0.25) is 5.02 Å². The molecule has 16 heavy (non-hydrogen) atoms. The molecule has 0 aliphatic carbocycles. The maximum Gasteiger partial charge on any atom is 1.00 e. The van der Waals surface area contributed by atoms with Crippen LogP contribution >= 0.6 is 20.8 Å². The van der Waals surface area contributed by atoms with Gasteiger partial charge in [0.15, 0.2) is 5.78 Å². The molecule has 0 unspecified atom stereocenters. The van der Waals surface area contributed by atoms with Gasteiger partial charge in [-0.05, 0) is 25.0 Å². The molecule has 4 heteroatoms.